The van der Waals surface area contributed by atoms with Gasteiger partial charge in [0.15, 0.2) is 11.0 Å². The Morgan fingerprint density at radius 3 is 2.91 bits per heavy atom. The minimum absolute atomic E-state index is 0.258. The predicted molar refractivity (Wildman–Crippen MR) is 91.3 cm³/mol. The van der Waals surface area contributed by atoms with Gasteiger partial charge in [0.25, 0.3) is 0 Å². The van der Waals surface area contributed by atoms with Crippen LogP contribution in [0.15, 0.2) is 40.3 Å². The van der Waals surface area contributed by atoms with Gasteiger partial charge in [0.1, 0.15) is 0 Å². The molecule has 0 bridgehead atoms. The molecule has 0 amide bonds. The zero-order valence-corrected chi connectivity index (χ0v) is 14.7. The van der Waals surface area contributed by atoms with E-state index < -0.39 is 0 Å². The van der Waals surface area contributed by atoms with E-state index in [-0.39, 0.29) is 5.92 Å². The van der Waals surface area contributed by atoms with Crippen molar-refractivity contribution in [3.8, 4) is 5.69 Å². The van der Waals surface area contributed by atoms with Crippen LogP contribution in [0, 0.1) is 6.92 Å². The molecule has 2 aromatic heterocycles. The van der Waals surface area contributed by atoms with Crippen LogP contribution in [0.5, 0.6) is 0 Å². The van der Waals surface area contributed by atoms with Crippen LogP contribution < -0.4 is 0 Å². The molecule has 0 aliphatic rings. The number of hydrogen-bond donors (Lipinski definition) is 0. The standard InChI is InChI=1S/C16H17ClN4OS/c1-10(2)15-19-14(22-20-15)9-23-16-18-7-8-21(16)13-6-4-5-12(17)11(13)3/h4-8,10H,9H2,1-3H3. The van der Waals surface area contributed by atoms with E-state index >= 15 is 0 Å². The summed E-state index contributed by atoms with van der Waals surface area (Å²) in [5.41, 5.74) is 2.04. The molecule has 0 saturated carbocycles. The summed E-state index contributed by atoms with van der Waals surface area (Å²) in [6, 6.07) is 5.85. The Kier molecular flexibility index (Phi) is 4.73. The van der Waals surface area contributed by atoms with Crippen molar-refractivity contribution in [2.45, 2.75) is 37.6 Å². The number of halogens is 1. The maximum Gasteiger partial charge on any atom is 0.237 e. The van der Waals surface area contributed by atoms with Crippen LogP contribution in [0.1, 0.15) is 37.0 Å². The molecular weight excluding hydrogens is 332 g/mol. The zero-order chi connectivity index (χ0) is 16.4. The van der Waals surface area contributed by atoms with Crippen molar-refractivity contribution < 1.29 is 4.52 Å². The number of aromatic nitrogens is 4. The van der Waals surface area contributed by atoms with E-state index in [2.05, 4.69) is 15.1 Å². The topological polar surface area (TPSA) is 56.7 Å². The van der Waals surface area contributed by atoms with Crippen LogP contribution in [0.3, 0.4) is 0 Å². The van der Waals surface area contributed by atoms with Crippen molar-refractivity contribution >= 4 is 23.4 Å². The lowest BCUT2D eigenvalue weighted by molar-refractivity contribution is 0.382. The Balaban J connectivity index is 1.80. The fourth-order valence-corrected chi connectivity index (χ4v) is 3.10. The highest BCUT2D eigenvalue weighted by Crippen LogP contribution is 2.28. The average molecular weight is 349 g/mol. The fraction of sp³-hybridized carbons (Fsp3) is 0.312. The Bertz CT molecular complexity index is 812. The fourth-order valence-electron chi connectivity index (χ4n) is 2.12. The van der Waals surface area contributed by atoms with Crippen LogP contribution in [0.2, 0.25) is 5.02 Å². The first-order valence-corrected chi connectivity index (χ1v) is 8.66. The van der Waals surface area contributed by atoms with E-state index in [1.165, 1.54) is 0 Å². The smallest absolute Gasteiger partial charge is 0.237 e. The molecule has 3 aromatic rings. The lowest BCUT2D eigenvalue weighted by Crippen LogP contribution is -1.98. The summed E-state index contributed by atoms with van der Waals surface area (Å²) < 4.78 is 7.29. The van der Waals surface area contributed by atoms with Gasteiger partial charge in [-0.25, -0.2) is 4.98 Å². The van der Waals surface area contributed by atoms with Crippen molar-refractivity contribution in [1.29, 1.82) is 0 Å². The third-order valence-corrected chi connectivity index (χ3v) is 4.79. The van der Waals surface area contributed by atoms with Gasteiger partial charge in [-0.15, -0.1) is 0 Å². The summed E-state index contributed by atoms with van der Waals surface area (Å²) in [6.45, 7) is 6.08. The van der Waals surface area contributed by atoms with Crippen molar-refractivity contribution in [3.63, 3.8) is 0 Å². The minimum Gasteiger partial charge on any atom is -0.338 e. The minimum atomic E-state index is 0.258. The molecule has 23 heavy (non-hydrogen) atoms. The molecule has 0 aliphatic heterocycles. The van der Waals surface area contributed by atoms with Crippen molar-refractivity contribution in [2.75, 3.05) is 0 Å². The van der Waals surface area contributed by atoms with E-state index in [9.17, 15) is 0 Å². The molecule has 0 N–H and O–H groups in total. The molecule has 0 radical (unpaired) electrons. The largest absolute Gasteiger partial charge is 0.338 e. The summed E-state index contributed by atoms with van der Waals surface area (Å²) in [5.74, 6) is 2.18. The number of imidazole rings is 1. The first-order chi connectivity index (χ1) is 11.1. The molecule has 0 aliphatic carbocycles. The zero-order valence-electron chi connectivity index (χ0n) is 13.2. The molecule has 5 nitrogen and oxygen atoms in total. The first-order valence-electron chi connectivity index (χ1n) is 7.30. The van der Waals surface area contributed by atoms with E-state index in [1.54, 1.807) is 18.0 Å². The SMILES string of the molecule is Cc1c(Cl)cccc1-n1ccnc1SCc1nc(C(C)C)no1. The van der Waals surface area contributed by atoms with Crippen molar-refractivity contribution in [2.24, 2.45) is 0 Å². The Morgan fingerprint density at radius 2 is 2.17 bits per heavy atom. The highest BCUT2D eigenvalue weighted by atomic mass is 35.5. The van der Waals surface area contributed by atoms with Gasteiger partial charge in [-0.3, -0.25) is 4.57 Å². The second-order valence-corrected chi connectivity index (χ2v) is 6.80. The number of rotatable bonds is 5. The van der Waals surface area contributed by atoms with Gasteiger partial charge in [-0.2, -0.15) is 4.98 Å². The first kappa shape index (κ1) is 16.1. The second-order valence-electron chi connectivity index (χ2n) is 5.45. The Hall–Kier alpha value is -1.79. The maximum atomic E-state index is 6.21. The van der Waals surface area contributed by atoms with Gasteiger partial charge in [0, 0.05) is 23.3 Å². The van der Waals surface area contributed by atoms with Crippen LogP contribution in [0.4, 0.5) is 0 Å². The highest BCUT2D eigenvalue weighted by Gasteiger charge is 2.13. The molecule has 2 heterocycles. The van der Waals surface area contributed by atoms with E-state index in [1.807, 2.05) is 49.7 Å². The van der Waals surface area contributed by atoms with Crippen molar-refractivity contribution in [3.05, 3.63) is 52.9 Å². The Morgan fingerprint density at radius 1 is 1.35 bits per heavy atom. The van der Waals surface area contributed by atoms with Gasteiger partial charge in [-0.05, 0) is 24.6 Å². The van der Waals surface area contributed by atoms with Crippen LogP contribution in [-0.4, -0.2) is 19.7 Å². The molecule has 7 heteroatoms. The van der Waals surface area contributed by atoms with Crippen LogP contribution in [0.25, 0.3) is 5.69 Å². The van der Waals surface area contributed by atoms with E-state index in [0.29, 0.717) is 11.6 Å². The predicted octanol–water partition coefficient (Wildman–Crippen LogP) is 4.63. The average Bonchev–Trinajstić information content (AvgIpc) is 3.16. The van der Waals surface area contributed by atoms with Crippen LogP contribution in [-0.2, 0) is 5.75 Å². The summed E-state index contributed by atoms with van der Waals surface area (Å²) in [4.78, 5) is 8.80. The normalized spacial score (nSPS) is 11.3. The summed E-state index contributed by atoms with van der Waals surface area (Å²) in [5, 5.41) is 5.58. The molecular formula is C16H17ClN4OS. The number of benzene rings is 1. The lowest BCUT2D eigenvalue weighted by atomic mass is 10.2. The monoisotopic (exact) mass is 348 g/mol. The van der Waals surface area contributed by atoms with Gasteiger partial charge >= 0.3 is 0 Å². The summed E-state index contributed by atoms with van der Waals surface area (Å²) in [6.07, 6.45) is 3.70. The summed E-state index contributed by atoms with van der Waals surface area (Å²) >= 11 is 7.77. The molecule has 3 rings (SSSR count). The van der Waals surface area contributed by atoms with Gasteiger partial charge in [0.05, 0.1) is 11.4 Å². The maximum absolute atomic E-state index is 6.21. The molecule has 0 unspecified atom stereocenters. The lowest BCUT2D eigenvalue weighted by Gasteiger charge is -2.10. The third kappa shape index (κ3) is 3.43. The van der Waals surface area contributed by atoms with Gasteiger partial charge in [-0.1, -0.05) is 48.4 Å². The molecule has 0 spiro atoms. The molecule has 0 atom stereocenters. The van der Waals surface area contributed by atoms with E-state index in [0.717, 1.165) is 27.3 Å². The molecule has 0 saturated heterocycles. The highest BCUT2D eigenvalue weighted by molar-refractivity contribution is 7.98. The molecule has 120 valence electrons. The Labute approximate surface area is 144 Å². The number of hydrogen-bond acceptors (Lipinski definition) is 5. The van der Waals surface area contributed by atoms with E-state index in [4.69, 9.17) is 16.1 Å². The van der Waals surface area contributed by atoms with Crippen LogP contribution >= 0.6 is 23.4 Å². The quantitative estimate of drug-likeness (QED) is 0.629. The number of nitrogens with zero attached hydrogens (tertiary/aromatic N) is 4. The summed E-state index contributed by atoms with van der Waals surface area (Å²) in [7, 11) is 0. The number of thioether (sulfide) groups is 1. The molecule has 0 fully saturated rings. The van der Waals surface area contributed by atoms with Gasteiger partial charge < -0.3 is 4.52 Å². The van der Waals surface area contributed by atoms with Crippen molar-refractivity contribution in [1.82, 2.24) is 19.7 Å². The second kappa shape index (κ2) is 6.76. The van der Waals surface area contributed by atoms with Gasteiger partial charge in [0.2, 0.25) is 5.89 Å². The third-order valence-electron chi connectivity index (χ3n) is 3.43. The molecule has 1 aromatic carbocycles.